The molecule has 0 spiro atoms. The van der Waals surface area contributed by atoms with E-state index in [1.54, 1.807) is 6.07 Å². The summed E-state index contributed by atoms with van der Waals surface area (Å²) < 4.78 is 4.87. The maximum atomic E-state index is 11.5. The van der Waals surface area contributed by atoms with Gasteiger partial charge in [-0.25, -0.2) is 4.79 Å². The van der Waals surface area contributed by atoms with E-state index in [9.17, 15) is 14.9 Å². The van der Waals surface area contributed by atoms with Gasteiger partial charge in [0.15, 0.2) is 0 Å². The Morgan fingerprint density at radius 2 is 2.10 bits per heavy atom. The lowest BCUT2D eigenvalue weighted by atomic mass is 10.2. The summed E-state index contributed by atoms with van der Waals surface area (Å²) in [6.07, 6.45) is 0. The molecule has 0 radical (unpaired) electrons. The molecular formula is C13H14N4O4. The van der Waals surface area contributed by atoms with Crippen molar-refractivity contribution in [3.05, 3.63) is 34.4 Å². The van der Waals surface area contributed by atoms with Crippen molar-refractivity contribution in [2.24, 2.45) is 11.0 Å². The predicted octanol–water partition coefficient (Wildman–Crippen LogP) is 2.09. The number of carbonyl (C=O) groups excluding carboxylic acids is 1. The molecule has 0 saturated heterocycles. The van der Waals surface area contributed by atoms with E-state index in [0.717, 1.165) is 0 Å². The van der Waals surface area contributed by atoms with E-state index in [-0.39, 0.29) is 18.2 Å². The van der Waals surface area contributed by atoms with Gasteiger partial charge in [-0.2, -0.15) is 10.4 Å². The number of nitrogens with zero attached hydrogens (tertiary/aromatic N) is 3. The van der Waals surface area contributed by atoms with Crippen LogP contribution in [0.15, 0.2) is 29.4 Å². The molecule has 1 N–H and O–H groups in total. The van der Waals surface area contributed by atoms with E-state index in [4.69, 9.17) is 10.00 Å². The lowest BCUT2D eigenvalue weighted by Crippen LogP contribution is -2.19. The Bertz CT molecular complexity index is 587. The largest absolute Gasteiger partial charge is 0.460 e. The SMILES string of the molecule is CC(C)COC(=O)/C(C#N)=N/Nc1ccc([N+](=O)[O-])cc1. The maximum absolute atomic E-state index is 11.5. The maximum Gasteiger partial charge on any atom is 0.369 e. The average molecular weight is 290 g/mol. The molecule has 0 aliphatic carbocycles. The van der Waals surface area contributed by atoms with E-state index in [1.807, 2.05) is 13.8 Å². The number of nitriles is 1. The van der Waals surface area contributed by atoms with Crippen molar-refractivity contribution in [3.63, 3.8) is 0 Å². The predicted molar refractivity (Wildman–Crippen MR) is 75.6 cm³/mol. The zero-order chi connectivity index (χ0) is 15.8. The van der Waals surface area contributed by atoms with Crippen molar-refractivity contribution in [1.29, 1.82) is 5.26 Å². The van der Waals surface area contributed by atoms with Gasteiger partial charge in [0.05, 0.1) is 17.2 Å². The molecule has 0 unspecified atom stereocenters. The van der Waals surface area contributed by atoms with Crippen molar-refractivity contribution in [3.8, 4) is 6.07 Å². The van der Waals surface area contributed by atoms with E-state index in [0.29, 0.717) is 5.69 Å². The number of anilines is 1. The standard InChI is InChI=1S/C13H14N4O4/c1-9(2)8-21-13(18)12(7-14)16-15-10-3-5-11(6-4-10)17(19)20/h3-6,9,15H,8H2,1-2H3/b16-12+. The van der Waals surface area contributed by atoms with Crippen LogP contribution in [-0.2, 0) is 9.53 Å². The van der Waals surface area contributed by atoms with Crippen LogP contribution in [0.4, 0.5) is 11.4 Å². The highest BCUT2D eigenvalue weighted by atomic mass is 16.6. The van der Waals surface area contributed by atoms with Crippen LogP contribution in [0, 0.1) is 27.4 Å². The summed E-state index contributed by atoms with van der Waals surface area (Å²) in [5, 5.41) is 23.0. The highest BCUT2D eigenvalue weighted by molar-refractivity contribution is 6.43. The van der Waals surface area contributed by atoms with Crippen molar-refractivity contribution in [1.82, 2.24) is 0 Å². The summed E-state index contributed by atoms with van der Waals surface area (Å²) in [5.41, 5.74) is 2.39. The average Bonchev–Trinajstić information content (AvgIpc) is 2.46. The zero-order valence-corrected chi connectivity index (χ0v) is 11.6. The lowest BCUT2D eigenvalue weighted by molar-refractivity contribution is -0.384. The third-order valence-electron chi connectivity index (χ3n) is 2.22. The van der Waals surface area contributed by atoms with E-state index < -0.39 is 16.6 Å². The van der Waals surface area contributed by atoms with E-state index >= 15 is 0 Å². The number of benzene rings is 1. The van der Waals surface area contributed by atoms with Gasteiger partial charge in [0.1, 0.15) is 6.07 Å². The number of rotatable bonds is 6. The number of nitro groups is 1. The molecule has 0 saturated carbocycles. The number of hydrogen-bond acceptors (Lipinski definition) is 7. The molecule has 110 valence electrons. The number of hydrogen-bond donors (Lipinski definition) is 1. The monoisotopic (exact) mass is 290 g/mol. The van der Waals surface area contributed by atoms with Gasteiger partial charge in [-0.3, -0.25) is 15.5 Å². The van der Waals surface area contributed by atoms with Gasteiger partial charge in [0.25, 0.3) is 5.69 Å². The molecular weight excluding hydrogens is 276 g/mol. The molecule has 8 nitrogen and oxygen atoms in total. The van der Waals surface area contributed by atoms with Gasteiger partial charge in [-0.05, 0) is 18.1 Å². The second-order valence-electron chi connectivity index (χ2n) is 4.48. The fourth-order valence-corrected chi connectivity index (χ4v) is 1.21. The van der Waals surface area contributed by atoms with Gasteiger partial charge in [0.2, 0.25) is 5.71 Å². The molecule has 1 rings (SSSR count). The number of nitrogens with one attached hydrogen (secondary N) is 1. The van der Waals surface area contributed by atoms with Crippen LogP contribution in [0.5, 0.6) is 0 Å². The number of ether oxygens (including phenoxy) is 1. The van der Waals surface area contributed by atoms with Crippen molar-refractivity contribution in [2.75, 3.05) is 12.0 Å². The molecule has 1 aromatic carbocycles. The number of hydrazone groups is 1. The van der Waals surface area contributed by atoms with Crippen LogP contribution in [0.2, 0.25) is 0 Å². The van der Waals surface area contributed by atoms with Crippen LogP contribution in [0.25, 0.3) is 0 Å². The van der Waals surface area contributed by atoms with Crippen LogP contribution in [0.3, 0.4) is 0 Å². The van der Waals surface area contributed by atoms with Gasteiger partial charge in [-0.1, -0.05) is 13.8 Å². The molecule has 21 heavy (non-hydrogen) atoms. The molecule has 8 heteroatoms. The first-order chi connectivity index (χ1) is 9.93. The first-order valence-electron chi connectivity index (χ1n) is 6.09. The Morgan fingerprint density at radius 3 is 2.57 bits per heavy atom. The Morgan fingerprint density at radius 1 is 1.48 bits per heavy atom. The van der Waals surface area contributed by atoms with Gasteiger partial charge < -0.3 is 4.74 Å². The lowest BCUT2D eigenvalue weighted by Gasteiger charge is -2.05. The summed E-state index contributed by atoms with van der Waals surface area (Å²) in [6, 6.07) is 7.01. The second-order valence-corrected chi connectivity index (χ2v) is 4.48. The van der Waals surface area contributed by atoms with Crippen LogP contribution >= 0.6 is 0 Å². The fourth-order valence-electron chi connectivity index (χ4n) is 1.21. The van der Waals surface area contributed by atoms with E-state index in [1.165, 1.54) is 24.3 Å². The van der Waals surface area contributed by atoms with Crippen LogP contribution in [0.1, 0.15) is 13.8 Å². The highest BCUT2D eigenvalue weighted by Gasteiger charge is 2.13. The van der Waals surface area contributed by atoms with Gasteiger partial charge >= 0.3 is 5.97 Å². The topological polar surface area (TPSA) is 118 Å². The Balaban J connectivity index is 2.70. The first-order valence-corrected chi connectivity index (χ1v) is 6.09. The molecule has 0 bridgehead atoms. The fraction of sp³-hybridized carbons (Fsp3) is 0.308. The molecule has 0 aliphatic rings. The second kappa shape index (κ2) is 7.59. The molecule has 0 amide bonds. The van der Waals surface area contributed by atoms with Crippen LogP contribution < -0.4 is 5.43 Å². The Labute approximate surface area is 121 Å². The van der Waals surface area contributed by atoms with Gasteiger partial charge in [-0.15, -0.1) is 0 Å². The van der Waals surface area contributed by atoms with Crippen molar-refractivity contribution in [2.45, 2.75) is 13.8 Å². The highest BCUT2D eigenvalue weighted by Crippen LogP contribution is 2.15. The molecule has 0 heterocycles. The van der Waals surface area contributed by atoms with Crippen molar-refractivity contribution < 1.29 is 14.5 Å². The minimum Gasteiger partial charge on any atom is -0.460 e. The van der Waals surface area contributed by atoms with Gasteiger partial charge in [0, 0.05) is 12.1 Å². The Kier molecular flexibility index (Phi) is 5.82. The zero-order valence-electron chi connectivity index (χ0n) is 11.6. The smallest absolute Gasteiger partial charge is 0.369 e. The molecule has 0 aliphatic heterocycles. The minimum absolute atomic E-state index is 0.0682. The quantitative estimate of drug-likeness (QED) is 0.371. The number of esters is 1. The number of nitro benzene ring substituents is 1. The summed E-state index contributed by atoms with van der Waals surface area (Å²) in [5.74, 6) is -0.669. The third kappa shape index (κ3) is 5.28. The third-order valence-corrected chi connectivity index (χ3v) is 2.22. The number of carbonyl (C=O) groups is 1. The normalized spacial score (nSPS) is 10.9. The molecule has 0 fully saturated rings. The minimum atomic E-state index is -0.819. The van der Waals surface area contributed by atoms with E-state index in [2.05, 4.69) is 10.5 Å². The van der Waals surface area contributed by atoms with Crippen LogP contribution in [-0.4, -0.2) is 23.2 Å². The van der Waals surface area contributed by atoms with Crippen molar-refractivity contribution >= 4 is 23.1 Å². The molecule has 1 aromatic rings. The summed E-state index contributed by atoms with van der Waals surface area (Å²) in [4.78, 5) is 21.5. The Hall–Kier alpha value is -2.95. The summed E-state index contributed by atoms with van der Waals surface area (Å²) in [7, 11) is 0. The molecule has 0 aromatic heterocycles. The molecule has 0 atom stereocenters. The first kappa shape index (κ1) is 16.1. The number of non-ortho nitro benzene ring substituents is 1. The summed E-state index contributed by atoms with van der Waals surface area (Å²) >= 11 is 0. The summed E-state index contributed by atoms with van der Waals surface area (Å²) in [6.45, 7) is 3.92.